The molecule has 1 amide bonds. The molecule has 0 spiro atoms. The van der Waals surface area contributed by atoms with Crippen LogP contribution < -0.4 is 4.90 Å². The second kappa shape index (κ2) is 5.42. The second-order valence-corrected chi connectivity index (χ2v) is 7.43. The van der Waals surface area contributed by atoms with Crippen molar-refractivity contribution < 1.29 is 9.90 Å². The maximum atomic E-state index is 12.5. The van der Waals surface area contributed by atoms with E-state index >= 15 is 0 Å². The maximum absolute atomic E-state index is 12.5. The molecule has 0 bridgehead atoms. The van der Waals surface area contributed by atoms with Gasteiger partial charge < -0.3 is 14.9 Å². The molecule has 7 heteroatoms. The van der Waals surface area contributed by atoms with Gasteiger partial charge in [0.05, 0.1) is 5.39 Å². The molecule has 2 aromatic heterocycles. The van der Waals surface area contributed by atoms with Crippen molar-refractivity contribution in [2.45, 2.75) is 25.4 Å². The number of nitrogens with zero attached hydrogens (tertiary/aromatic N) is 4. The number of piperazine rings is 1. The molecule has 122 valence electrons. The first-order valence-corrected chi connectivity index (χ1v) is 8.90. The van der Waals surface area contributed by atoms with E-state index in [1.807, 2.05) is 11.4 Å². The smallest absolute Gasteiger partial charge is 0.254 e. The van der Waals surface area contributed by atoms with Crippen LogP contribution in [-0.4, -0.2) is 57.7 Å². The molecule has 1 unspecified atom stereocenters. The van der Waals surface area contributed by atoms with E-state index in [0.717, 1.165) is 42.0 Å². The minimum atomic E-state index is -1.20. The van der Waals surface area contributed by atoms with Gasteiger partial charge in [-0.25, -0.2) is 9.97 Å². The minimum absolute atomic E-state index is 0.122. The maximum Gasteiger partial charge on any atom is 0.254 e. The van der Waals surface area contributed by atoms with Crippen LogP contribution in [-0.2, 0) is 4.79 Å². The number of aliphatic hydroxyl groups is 1. The van der Waals surface area contributed by atoms with Crippen molar-refractivity contribution in [2.24, 2.45) is 5.92 Å². The Labute approximate surface area is 138 Å². The summed E-state index contributed by atoms with van der Waals surface area (Å²) in [4.78, 5) is 26.2. The highest BCUT2D eigenvalue weighted by molar-refractivity contribution is 7.16. The predicted octanol–water partition coefficient (Wildman–Crippen LogP) is 1.50. The first kappa shape index (κ1) is 14.8. The summed E-state index contributed by atoms with van der Waals surface area (Å²) >= 11 is 1.61. The van der Waals surface area contributed by atoms with Crippen LogP contribution in [0.15, 0.2) is 17.8 Å². The number of anilines is 1. The van der Waals surface area contributed by atoms with Gasteiger partial charge in [-0.1, -0.05) is 0 Å². The van der Waals surface area contributed by atoms with Gasteiger partial charge >= 0.3 is 0 Å². The van der Waals surface area contributed by atoms with E-state index in [1.165, 1.54) is 0 Å². The third kappa shape index (κ3) is 2.57. The lowest BCUT2D eigenvalue weighted by atomic mass is 9.98. The molecule has 23 heavy (non-hydrogen) atoms. The summed E-state index contributed by atoms with van der Waals surface area (Å²) in [7, 11) is 0. The Hall–Kier alpha value is -1.73. The molecule has 2 fully saturated rings. The van der Waals surface area contributed by atoms with Gasteiger partial charge in [0, 0.05) is 26.2 Å². The SMILES string of the molecule is CC(O)(C(=O)N1CCN(c2ncnc3sccc23)CC1)C1CC1. The van der Waals surface area contributed by atoms with Gasteiger partial charge in [0.15, 0.2) is 0 Å². The highest BCUT2D eigenvalue weighted by Gasteiger charge is 2.47. The summed E-state index contributed by atoms with van der Waals surface area (Å²) in [6.07, 6.45) is 3.51. The number of carbonyl (C=O) groups excluding carboxylic acids is 1. The molecule has 1 N–H and O–H groups in total. The molecule has 2 aromatic rings. The topological polar surface area (TPSA) is 69.6 Å². The van der Waals surface area contributed by atoms with Crippen molar-refractivity contribution in [1.29, 1.82) is 0 Å². The third-order valence-electron chi connectivity index (χ3n) is 4.91. The van der Waals surface area contributed by atoms with Gasteiger partial charge in [-0.3, -0.25) is 4.79 Å². The quantitative estimate of drug-likeness (QED) is 0.922. The fourth-order valence-electron chi connectivity index (χ4n) is 3.29. The van der Waals surface area contributed by atoms with Gasteiger partial charge in [-0.15, -0.1) is 11.3 Å². The van der Waals surface area contributed by atoms with Gasteiger partial charge in [0.2, 0.25) is 0 Å². The standard InChI is InChI=1S/C16H20N4O2S/c1-16(22,11-2-3-11)15(21)20-7-5-19(6-8-20)13-12-4-9-23-14(12)18-10-17-13/h4,9-11,22H,2-3,5-8H2,1H3. The number of rotatable bonds is 3. The van der Waals surface area contributed by atoms with Gasteiger partial charge in [0.1, 0.15) is 22.6 Å². The van der Waals surface area contributed by atoms with Crippen LogP contribution in [0.5, 0.6) is 0 Å². The lowest BCUT2D eigenvalue weighted by Gasteiger charge is -2.38. The van der Waals surface area contributed by atoms with Crippen LogP contribution in [0.1, 0.15) is 19.8 Å². The molecule has 4 rings (SSSR count). The summed E-state index contributed by atoms with van der Waals surface area (Å²) in [5, 5.41) is 13.5. The summed E-state index contributed by atoms with van der Waals surface area (Å²) < 4.78 is 0. The molecule has 2 aliphatic rings. The van der Waals surface area contributed by atoms with Crippen molar-refractivity contribution >= 4 is 33.3 Å². The van der Waals surface area contributed by atoms with Crippen LogP contribution in [0, 0.1) is 5.92 Å². The zero-order valence-electron chi connectivity index (χ0n) is 13.1. The molecule has 0 aromatic carbocycles. The normalized spacial score (nSPS) is 21.5. The molecule has 1 saturated heterocycles. The Morgan fingerprint density at radius 1 is 1.30 bits per heavy atom. The number of carbonyl (C=O) groups is 1. The van der Waals surface area contributed by atoms with E-state index in [9.17, 15) is 9.90 Å². The Balaban J connectivity index is 1.47. The molecule has 0 radical (unpaired) electrons. The van der Waals surface area contributed by atoms with Gasteiger partial charge in [-0.2, -0.15) is 0 Å². The molecule has 1 saturated carbocycles. The predicted molar refractivity (Wildman–Crippen MR) is 89.6 cm³/mol. The van der Waals surface area contributed by atoms with Crippen molar-refractivity contribution in [3.63, 3.8) is 0 Å². The summed E-state index contributed by atoms with van der Waals surface area (Å²) in [5.74, 6) is 0.959. The second-order valence-electron chi connectivity index (χ2n) is 6.54. The first-order chi connectivity index (χ1) is 11.1. The summed E-state index contributed by atoms with van der Waals surface area (Å²) in [6, 6.07) is 2.05. The van der Waals surface area contributed by atoms with Crippen molar-refractivity contribution in [3.8, 4) is 0 Å². The average Bonchev–Trinajstić information content (AvgIpc) is 3.32. The fraction of sp³-hybridized carbons (Fsp3) is 0.562. The number of fused-ring (bicyclic) bond motifs is 1. The number of thiophene rings is 1. The minimum Gasteiger partial charge on any atom is -0.380 e. The zero-order chi connectivity index (χ0) is 16.0. The lowest BCUT2D eigenvalue weighted by Crippen LogP contribution is -2.55. The highest BCUT2D eigenvalue weighted by Crippen LogP contribution is 2.40. The van der Waals surface area contributed by atoms with E-state index < -0.39 is 5.60 Å². The van der Waals surface area contributed by atoms with E-state index in [-0.39, 0.29) is 11.8 Å². The Morgan fingerprint density at radius 3 is 2.74 bits per heavy atom. The van der Waals surface area contributed by atoms with Crippen LogP contribution in [0.2, 0.25) is 0 Å². The Kier molecular flexibility index (Phi) is 3.50. The first-order valence-electron chi connectivity index (χ1n) is 8.02. The number of hydrogen-bond acceptors (Lipinski definition) is 6. The number of hydrogen-bond donors (Lipinski definition) is 1. The van der Waals surface area contributed by atoms with Crippen molar-refractivity contribution in [2.75, 3.05) is 31.1 Å². The van der Waals surface area contributed by atoms with E-state index in [0.29, 0.717) is 13.1 Å². The number of aromatic nitrogens is 2. The van der Waals surface area contributed by atoms with Crippen LogP contribution in [0.25, 0.3) is 10.2 Å². The molecule has 1 atom stereocenters. The lowest BCUT2D eigenvalue weighted by molar-refractivity contribution is -0.152. The molecule has 6 nitrogen and oxygen atoms in total. The van der Waals surface area contributed by atoms with Gasteiger partial charge in [0.25, 0.3) is 5.91 Å². The third-order valence-corrected chi connectivity index (χ3v) is 5.73. The largest absolute Gasteiger partial charge is 0.380 e. The van der Waals surface area contributed by atoms with Crippen LogP contribution in [0.4, 0.5) is 5.82 Å². The molecule has 1 aliphatic heterocycles. The van der Waals surface area contributed by atoms with E-state index in [4.69, 9.17) is 0 Å². The van der Waals surface area contributed by atoms with Crippen LogP contribution >= 0.6 is 11.3 Å². The molecular weight excluding hydrogens is 312 g/mol. The summed E-state index contributed by atoms with van der Waals surface area (Å²) in [6.45, 7) is 4.37. The Bertz CT molecular complexity index is 733. The average molecular weight is 332 g/mol. The van der Waals surface area contributed by atoms with Crippen LogP contribution in [0.3, 0.4) is 0 Å². The number of amides is 1. The van der Waals surface area contributed by atoms with Gasteiger partial charge in [-0.05, 0) is 37.1 Å². The van der Waals surface area contributed by atoms with Crippen molar-refractivity contribution in [3.05, 3.63) is 17.8 Å². The monoisotopic (exact) mass is 332 g/mol. The fourth-order valence-corrected chi connectivity index (χ4v) is 4.02. The van der Waals surface area contributed by atoms with Crippen molar-refractivity contribution in [1.82, 2.24) is 14.9 Å². The molecule has 1 aliphatic carbocycles. The van der Waals surface area contributed by atoms with E-state index in [1.54, 1.807) is 29.5 Å². The van der Waals surface area contributed by atoms with E-state index in [2.05, 4.69) is 14.9 Å². The molecular formula is C16H20N4O2S. The summed E-state index contributed by atoms with van der Waals surface area (Å²) in [5.41, 5.74) is -1.20. The zero-order valence-corrected chi connectivity index (χ0v) is 13.9. The highest BCUT2D eigenvalue weighted by atomic mass is 32.1. The Morgan fingerprint density at radius 2 is 2.04 bits per heavy atom. The molecule has 3 heterocycles.